The topological polar surface area (TPSA) is 66.9 Å². The number of ether oxygens (including phenoxy) is 1. The highest BCUT2D eigenvalue weighted by molar-refractivity contribution is 7.89. The monoisotopic (exact) mass is 352 g/mol. The highest BCUT2D eigenvalue weighted by Gasteiger charge is 2.32. The van der Waals surface area contributed by atoms with Crippen LogP contribution in [0.5, 0.6) is 5.75 Å². The van der Waals surface area contributed by atoms with E-state index in [0.717, 1.165) is 19.3 Å². The first-order valence-corrected chi connectivity index (χ1v) is 9.86. The van der Waals surface area contributed by atoms with E-state index in [1.165, 1.54) is 11.4 Å². The van der Waals surface area contributed by atoms with Crippen LogP contribution in [-0.2, 0) is 14.8 Å². The molecule has 0 aliphatic carbocycles. The molecule has 2 saturated heterocycles. The van der Waals surface area contributed by atoms with Gasteiger partial charge in [0.25, 0.3) is 0 Å². The zero-order valence-electron chi connectivity index (χ0n) is 14.2. The Balaban J connectivity index is 1.99. The maximum atomic E-state index is 13.1. The van der Waals surface area contributed by atoms with Crippen LogP contribution < -0.4 is 9.64 Å². The van der Waals surface area contributed by atoms with Crippen molar-refractivity contribution in [1.82, 2.24) is 4.31 Å². The zero-order valence-corrected chi connectivity index (χ0v) is 15.0. The van der Waals surface area contributed by atoms with Gasteiger partial charge in [-0.25, -0.2) is 8.42 Å². The number of carbonyl (C=O) groups is 1. The van der Waals surface area contributed by atoms with Crippen LogP contribution in [0.1, 0.15) is 32.6 Å². The van der Waals surface area contributed by atoms with E-state index in [4.69, 9.17) is 4.74 Å². The summed E-state index contributed by atoms with van der Waals surface area (Å²) < 4.78 is 33.0. The second kappa shape index (κ2) is 6.72. The Morgan fingerprint density at radius 3 is 2.62 bits per heavy atom. The number of hydrogen-bond donors (Lipinski definition) is 0. The lowest BCUT2D eigenvalue weighted by Gasteiger charge is -2.30. The molecule has 1 unspecified atom stereocenters. The Kier molecular flexibility index (Phi) is 4.83. The highest BCUT2D eigenvalue weighted by atomic mass is 32.2. The van der Waals surface area contributed by atoms with Crippen LogP contribution >= 0.6 is 0 Å². The number of hydrogen-bond acceptors (Lipinski definition) is 4. The minimum absolute atomic E-state index is 0.0371. The van der Waals surface area contributed by atoms with Gasteiger partial charge in [0.05, 0.1) is 7.11 Å². The average molecular weight is 352 g/mol. The predicted octanol–water partition coefficient (Wildman–Crippen LogP) is 2.24. The molecule has 0 N–H and O–H groups in total. The summed E-state index contributed by atoms with van der Waals surface area (Å²) in [4.78, 5) is 13.8. The molecule has 1 aromatic carbocycles. The van der Waals surface area contributed by atoms with Crippen LogP contribution in [0.15, 0.2) is 23.1 Å². The Morgan fingerprint density at radius 2 is 2.00 bits per heavy atom. The summed E-state index contributed by atoms with van der Waals surface area (Å²) in [6, 6.07) is 4.97. The van der Waals surface area contributed by atoms with E-state index in [9.17, 15) is 13.2 Å². The van der Waals surface area contributed by atoms with E-state index >= 15 is 0 Å². The first-order chi connectivity index (χ1) is 11.4. The van der Waals surface area contributed by atoms with Crippen LogP contribution in [0.4, 0.5) is 5.69 Å². The molecule has 132 valence electrons. The molecule has 1 atom stereocenters. The largest absolute Gasteiger partial charge is 0.495 e. The molecule has 1 aromatic rings. The van der Waals surface area contributed by atoms with Gasteiger partial charge < -0.3 is 9.64 Å². The zero-order chi connectivity index (χ0) is 17.3. The van der Waals surface area contributed by atoms with Gasteiger partial charge in [-0.05, 0) is 43.4 Å². The third kappa shape index (κ3) is 3.15. The van der Waals surface area contributed by atoms with Gasteiger partial charge in [-0.1, -0.05) is 6.92 Å². The van der Waals surface area contributed by atoms with Crippen molar-refractivity contribution in [2.45, 2.75) is 37.5 Å². The Hall–Kier alpha value is -1.60. The number of amides is 1. The molecular weight excluding hydrogens is 328 g/mol. The van der Waals surface area contributed by atoms with Gasteiger partial charge in [-0.15, -0.1) is 0 Å². The molecule has 0 saturated carbocycles. The molecule has 0 radical (unpaired) electrons. The molecule has 0 bridgehead atoms. The number of nitrogens with zero attached hydrogens (tertiary/aromatic N) is 2. The minimum atomic E-state index is -3.64. The molecule has 2 aliphatic heterocycles. The lowest BCUT2D eigenvalue weighted by Crippen LogP contribution is -2.39. The van der Waals surface area contributed by atoms with Crippen molar-refractivity contribution in [3.8, 4) is 5.75 Å². The second-order valence-electron chi connectivity index (χ2n) is 6.59. The predicted molar refractivity (Wildman–Crippen MR) is 91.7 cm³/mol. The summed E-state index contributed by atoms with van der Waals surface area (Å²) in [7, 11) is -2.17. The van der Waals surface area contributed by atoms with Gasteiger partial charge in [-0.2, -0.15) is 4.31 Å². The Bertz CT molecular complexity index is 732. The molecule has 2 aliphatic rings. The maximum Gasteiger partial charge on any atom is 0.246 e. The van der Waals surface area contributed by atoms with Crippen molar-refractivity contribution in [1.29, 1.82) is 0 Å². The molecule has 6 nitrogen and oxygen atoms in total. The fourth-order valence-corrected chi connectivity index (χ4v) is 5.23. The summed E-state index contributed by atoms with van der Waals surface area (Å²) in [6.45, 7) is 3.75. The van der Waals surface area contributed by atoms with Gasteiger partial charge in [-0.3, -0.25) is 4.79 Å². The number of benzene rings is 1. The summed E-state index contributed by atoms with van der Waals surface area (Å²) >= 11 is 0. The third-order valence-corrected chi connectivity index (χ3v) is 6.66. The number of methoxy groups -OCH3 is 1. The fraction of sp³-hybridized carbons (Fsp3) is 0.588. The number of piperidine rings is 1. The quantitative estimate of drug-likeness (QED) is 0.833. The molecule has 7 heteroatoms. The van der Waals surface area contributed by atoms with Crippen LogP contribution in [0.25, 0.3) is 0 Å². The van der Waals surface area contributed by atoms with E-state index in [0.29, 0.717) is 43.4 Å². The van der Waals surface area contributed by atoms with Crippen molar-refractivity contribution in [3.63, 3.8) is 0 Å². The van der Waals surface area contributed by atoms with E-state index in [-0.39, 0.29) is 10.8 Å². The Labute approximate surface area is 143 Å². The molecule has 0 spiro atoms. The summed E-state index contributed by atoms with van der Waals surface area (Å²) in [6.07, 6.45) is 3.23. The molecule has 0 aromatic heterocycles. The van der Waals surface area contributed by atoms with E-state index in [2.05, 4.69) is 6.92 Å². The third-order valence-electron chi connectivity index (χ3n) is 4.77. The summed E-state index contributed by atoms with van der Waals surface area (Å²) in [5.41, 5.74) is 0.627. The highest BCUT2D eigenvalue weighted by Crippen LogP contribution is 2.34. The first-order valence-electron chi connectivity index (χ1n) is 8.42. The lowest BCUT2D eigenvalue weighted by molar-refractivity contribution is -0.117. The summed E-state index contributed by atoms with van der Waals surface area (Å²) in [5.74, 6) is 0.710. The van der Waals surface area contributed by atoms with Gasteiger partial charge in [0.1, 0.15) is 10.6 Å². The average Bonchev–Trinajstić information content (AvgIpc) is 3.00. The van der Waals surface area contributed by atoms with Crippen molar-refractivity contribution >= 4 is 21.6 Å². The first kappa shape index (κ1) is 17.2. The number of anilines is 1. The number of rotatable bonds is 4. The van der Waals surface area contributed by atoms with Crippen molar-refractivity contribution < 1.29 is 17.9 Å². The normalized spacial score (nSPS) is 22.8. The smallest absolute Gasteiger partial charge is 0.246 e. The fourth-order valence-electron chi connectivity index (χ4n) is 3.46. The van der Waals surface area contributed by atoms with Crippen LogP contribution in [0.3, 0.4) is 0 Å². The standard InChI is InChI=1S/C17H24N2O4S/c1-13-5-3-9-18(12-13)24(21,22)16-11-14(7-8-15(16)23-2)19-10-4-6-17(19)20/h7-8,11,13H,3-6,9-10,12H2,1-2H3. The maximum absolute atomic E-state index is 13.1. The van der Waals surface area contributed by atoms with E-state index in [1.54, 1.807) is 23.1 Å². The molecule has 2 heterocycles. The van der Waals surface area contributed by atoms with Crippen molar-refractivity contribution in [2.75, 3.05) is 31.6 Å². The van der Waals surface area contributed by atoms with Crippen LogP contribution in [0.2, 0.25) is 0 Å². The van der Waals surface area contributed by atoms with Gasteiger partial charge >= 0.3 is 0 Å². The van der Waals surface area contributed by atoms with Crippen molar-refractivity contribution in [2.24, 2.45) is 5.92 Å². The SMILES string of the molecule is COc1ccc(N2CCCC2=O)cc1S(=O)(=O)N1CCCC(C)C1. The lowest BCUT2D eigenvalue weighted by atomic mass is 10.0. The van der Waals surface area contributed by atoms with Crippen LogP contribution in [-0.4, -0.2) is 45.4 Å². The molecule has 1 amide bonds. The van der Waals surface area contributed by atoms with Crippen LogP contribution in [0, 0.1) is 5.92 Å². The molecule has 3 rings (SSSR count). The van der Waals surface area contributed by atoms with E-state index < -0.39 is 10.0 Å². The molecule has 2 fully saturated rings. The van der Waals surface area contributed by atoms with Gasteiger partial charge in [0, 0.05) is 31.7 Å². The van der Waals surface area contributed by atoms with Gasteiger partial charge in [0.15, 0.2) is 0 Å². The second-order valence-corrected chi connectivity index (χ2v) is 8.50. The number of sulfonamides is 1. The summed E-state index contributed by atoms with van der Waals surface area (Å²) in [5, 5.41) is 0. The van der Waals surface area contributed by atoms with Gasteiger partial charge in [0.2, 0.25) is 15.9 Å². The number of carbonyl (C=O) groups excluding carboxylic acids is 1. The minimum Gasteiger partial charge on any atom is -0.495 e. The van der Waals surface area contributed by atoms with Crippen molar-refractivity contribution in [3.05, 3.63) is 18.2 Å². The molecule has 24 heavy (non-hydrogen) atoms. The van der Waals surface area contributed by atoms with E-state index in [1.807, 2.05) is 0 Å². The molecular formula is C17H24N2O4S. The Morgan fingerprint density at radius 1 is 1.21 bits per heavy atom.